The first-order valence-electron chi connectivity index (χ1n) is 6.33. The van der Waals surface area contributed by atoms with E-state index in [1.54, 1.807) is 12.1 Å². The third kappa shape index (κ3) is 3.77. The molecule has 1 aromatic carbocycles. The van der Waals surface area contributed by atoms with Gasteiger partial charge in [0.1, 0.15) is 5.82 Å². The van der Waals surface area contributed by atoms with Gasteiger partial charge >= 0.3 is 0 Å². The molecule has 1 saturated carbocycles. The molecule has 98 valence electrons. The molecule has 0 atom stereocenters. The number of halogens is 1. The summed E-state index contributed by atoms with van der Waals surface area (Å²) in [5, 5.41) is 6.19. The largest absolute Gasteiger partial charge is 0.310 e. The van der Waals surface area contributed by atoms with Crippen molar-refractivity contribution in [1.29, 1.82) is 0 Å². The van der Waals surface area contributed by atoms with Gasteiger partial charge in [-0.15, -0.1) is 4.91 Å². The Morgan fingerprint density at radius 3 is 2.33 bits per heavy atom. The van der Waals surface area contributed by atoms with Gasteiger partial charge < -0.3 is 5.32 Å². The highest BCUT2D eigenvalue weighted by Crippen LogP contribution is 2.19. The van der Waals surface area contributed by atoms with Crippen LogP contribution in [0.5, 0.6) is 0 Å². The lowest BCUT2D eigenvalue weighted by Crippen LogP contribution is -2.38. The van der Waals surface area contributed by atoms with Gasteiger partial charge in [-0.3, -0.25) is 5.43 Å². The average Bonchev–Trinajstić information content (AvgIpc) is 2.40. The maximum Gasteiger partial charge on any atom is 0.123 e. The number of rotatable bonds is 5. The van der Waals surface area contributed by atoms with E-state index in [0.29, 0.717) is 6.04 Å². The normalized spacial score (nSPS) is 23.6. The molecule has 0 amide bonds. The molecule has 1 aliphatic carbocycles. The summed E-state index contributed by atoms with van der Waals surface area (Å²) in [4.78, 5) is 10.1. The van der Waals surface area contributed by atoms with Crippen LogP contribution in [0.4, 0.5) is 4.39 Å². The van der Waals surface area contributed by atoms with Crippen LogP contribution >= 0.6 is 0 Å². The Morgan fingerprint density at radius 2 is 1.72 bits per heavy atom. The highest BCUT2D eigenvalue weighted by Gasteiger charge is 2.20. The van der Waals surface area contributed by atoms with E-state index >= 15 is 0 Å². The summed E-state index contributed by atoms with van der Waals surface area (Å²) in [7, 11) is 0. The molecule has 1 aliphatic rings. The Labute approximate surface area is 106 Å². The van der Waals surface area contributed by atoms with E-state index in [2.05, 4.69) is 16.0 Å². The second kappa shape index (κ2) is 6.44. The summed E-state index contributed by atoms with van der Waals surface area (Å²) in [6.45, 7) is 0.759. The third-order valence-electron chi connectivity index (χ3n) is 3.47. The van der Waals surface area contributed by atoms with Crippen molar-refractivity contribution in [1.82, 2.24) is 10.7 Å². The molecule has 1 fully saturated rings. The molecule has 0 heterocycles. The minimum Gasteiger partial charge on any atom is -0.310 e. The lowest BCUT2D eigenvalue weighted by atomic mass is 9.91. The Morgan fingerprint density at radius 1 is 1.11 bits per heavy atom. The van der Waals surface area contributed by atoms with Crippen LogP contribution in [0.2, 0.25) is 0 Å². The number of nitrogens with zero attached hydrogens (tertiary/aromatic N) is 1. The summed E-state index contributed by atoms with van der Waals surface area (Å²) in [5.41, 5.74) is 3.67. The topological polar surface area (TPSA) is 53.5 Å². The van der Waals surface area contributed by atoms with Crippen LogP contribution in [0.1, 0.15) is 31.2 Å². The van der Waals surface area contributed by atoms with Crippen LogP contribution in [-0.2, 0) is 6.54 Å². The number of hydrogen-bond donors (Lipinski definition) is 2. The molecule has 0 bridgehead atoms. The van der Waals surface area contributed by atoms with E-state index < -0.39 is 0 Å². The maximum atomic E-state index is 12.7. The monoisotopic (exact) mass is 251 g/mol. The van der Waals surface area contributed by atoms with Crippen molar-refractivity contribution in [2.75, 3.05) is 0 Å². The summed E-state index contributed by atoms with van der Waals surface area (Å²) in [5.74, 6) is -0.202. The van der Waals surface area contributed by atoms with Crippen molar-refractivity contribution in [2.24, 2.45) is 5.29 Å². The molecule has 0 aromatic heterocycles. The van der Waals surface area contributed by atoms with Gasteiger partial charge in [-0.05, 0) is 43.4 Å². The van der Waals surface area contributed by atoms with Gasteiger partial charge in [-0.25, -0.2) is 4.39 Å². The smallest absolute Gasteiger partial charge is 0.123 e. The van der Waals surface area contributed by atoms with E-state index in [-0.39, 0.29) is 11.9 Å². The second-order valence-electron chi connectivity index (χ2n) is 4.78. The molecule has 0 spiro atoms. The van der Waals surface area contributed by atoms with Crippen molar-refractivity contribution in [3.8, 4) is 0 Å². The zero-order valence-electron chi connectivity index (χ0n) is 10.2. The van der Waals surface area contributed by atoms with Crippen molar-refractivity contribution >= 4 is 0 Å². The molecule has 2 N–H and O–H groups in total. The SMILES string of the molecule is O=NNC1CCC(NCc2ccc(F)cc2)CC1. The maximum absolute atomic E-state index is 12.7. The first kappa shape index (κ1) is 13.0. The van der Waals surface area contributed by atoms with E-state index in [1.807, 2.05) is 0 Å². The van der Waals surface area contributed by atoms with Gasteiger partial charge in [0.2, 0.25) is 0 Å². The van der Waals surface area contributed by atoms with Crippen LogP contribution in [0.3, 0.4) is 0 Å². The Bertz CT molecular complexity index is 374. The van der Waals surface area contributed by atoms with E-state index in [4.69, 9.17) is 0 Å². The van der Waals surface area contributed by atoms with E-state index in [1.165, 1.54) is 12.1 Å². The van der Waals surface area contributed by atoms with Crippen LogP contribution < -0.4 is 10.7 Å². The lowest BCUT2D eigenvalue weighted by Gasteiger charge is -2.28. The minimum absolute atomic E-state index is 0.202. The Kier molecular flexibility index (Phi) is 4.64. The van der Waals surface area contributed by atoms with Crippen LogP contribution in [0, 0.1) is 10.7 Å². The molecule has 0 saturated heterocycles. The Hall–Kier alpha value is -1.49. The standard InChI is InChI=1S/C13H18FN3O/c14-11-3-1-10(2-4-11)9-15-12-5-7-13(8-6-12)16-17-18/h1-4,12-13,15H,5-9H2,(H,16,18). The molecule has 18 heavy (non-hydrogen) atoms. The van der Waals surface area contributed by atoms with Crippen LogP contribution in [-0.4, -0.2) is 12.1 Å². The predicted octanol–water partition coefficient (Wildman–Crippen LogP) is 2.50. The zero-order valence-corrected chi connectivity index (χ0v) is 10.2. The fourth-order valence-corrected chi connectivity index (χ4v) is 2.37. The number of benzene rings is 1. The molecular formula is C13H18FN3O. The van der Waals surface area contributed by atoms with Crippen LogP contribution in [0.15, 0.2) is 29.6 Å². The summed E-state index contributed by atoms with van der Waals surface area (Å²) >= 11 is 0. The number of nitrogens with one attached hydrogen (secondary N) is 2. The molecule has 2 rings (SSSR count). The van der Waals surface area contributed by atoms with Gasteiger partial charge in [-0.1, -0.05) is 12.1 Å². The zero-order chi connectivity index (χ0) is 12.8. The highest BCUT2D eigenvalue weighted by molar-refractivity contribution is 5.15. The second-order valence-corrected chi connectivity index (χ2v) is 4.78. The van der Waals surface area contributed by atoms with Gasteiger partial charge in [0.05, 0.1) is 0 Å². The van der Waals surface area contributed by atoms with Gasteiger partial charge in [0.25, 0.3) is 0 Å². The van der Waals surface area contributed by atoms with Crippen molar-refractivity contribution < 1.29 is 4.39 Å². The fourth-order valence-electron chi connectivity index (χ4n) is 2.37. The molecule has 0 aliphatic heterocycles. The number of nitroso groups, excluding NO2 is 1. The average molecular weight is 251 g/mol. The van der Waals surface area contributed by atoms with Gasteiger partial charge in [-0.2, -0.15) is 0 Å². The molecule has 5 heteroatoms. The van der Waals surface area contributed by atoms with Crippen molar-refractivity contribution in [3.05, 3.63) is 40.6 Å². The highest BCUT2D eigenvalue weighted by atomic mass is 19.1. The summed E-state index contributed by atoms with van der Waals surface area (Å²) in [6.07, 6.45) is 4.00. The van der Waals surface area contributed by atoms with Gasteiger partial charge in [0, 0.05) is 23.9 Å². The van der Waals surface area contributed by atoms with E-state index in [9.17, 15) is 9.30 Å². The van der Waals surface area contributed by atoms with E-state index in [0.717, 1.165) is 37.8 Å². The third-order valence-corrected chi connectivity index (χ3v) is 3.47. The number of hydrogen-bond acceptors (Lipinski definition) is 3. The molecular weight excluding hydrogens is 233 g/mol. The molecule has 1 aromatic rings. The summed E-state index contributed by atoms with van der Waals surface area (Å²) < 4.78 is 12.7. The molecule has 0 radical (unpaired) electrons. The first-order valence-corrected chi connectivity index (χ1v) is 6.33. The quantitative estimate of drug-likeness (QED) is 0.624. The first-order chi connectivity index (χ1) is 8.78. The summed E-state index contributed by atoms with van der Waals surface area (Å²) in [6, 6.07) is 7.25. The minimum atomic E-state index is -0.202. The van der Waals surface area contributed by atoms with Gasteiger partial charge in [0.15, 0.2) is 0 Å². The lowest BCUT2D eigenvalue weighted by molar-refractivity contribution is 0.309. The fraction of sp³-hybridized carbons (Fsp3) is 0.538. The van der Waals surface area contributed by atoms with Crippen molar-refractivity contribution in [2.45, 2.75) is 44.3 Å². The molecule has 0 unspecified atom stereocenters. The van der Waals surface area contributed by atoms with Crippen LogP contribution in [0.25, 0.3) is 0 Å². The van der Waals surface area contributed by atoms with Crippen molar-refractivity contribution in [3.63, 3.8) is 0 Å². The molecule has 4 nitrogen and oxygen atoms in total. The Balaban J connectivity index is 1.72. The predicted molar refractivity (Wildman–Crippen MR) is 68.2 cm³/mol.